The molecule has 2 rings (SSSR count). The van der Waals surface area contributed by atoms with Gasteiger partial charge in [0, 0.05) is 11.6 Å². The molecule has 0 aromatic heterocycles. The summed E-state index contributed by atoms with van der Waals surface area (Å²) in [4.78, 5) is 2.72. The van der Waals surface area contributed by atoms with E-state index in [1.807, 2.05) is 0 Å². The van der Waals surface area contributed by atoms with Crippen molar-refractivity contribution < 1.29 is 9.47 Å². The molecule has 0 heterocycles. The third-order valence-corrected chi connectivity index (χ3v) is 5.61. The van der Waals surface area contributed by atoms with E-state index in [1.54, 1.807) is 14.2 Å². The highest BCUT2D eigenvalue weighted by Crippen LogP contribution is 2.38. The average Bonchev–Trinajstić information content (AvgIpc) is 2.68. The van der Waals surface area contributed by atoms with E-state index in [-0.39, 0.29) is 0 Å². The fraction of sp³-hybridized carbons (Fsp3) is 0.727. The van der Waals surface area contributed by atoms with Gasteiger partial charge in [0.05, 0.1) is 14.2 Å². The van der Waals surface area contributed by atoms with Crippen molar-refractivity contribution in [2.45, 2.75) is 70.8 Å². The Morgan fingerprint density at radius 1 is 1.04 bits per heavy atom. The predicted octanol–water partition coefficient (Wildman–Crippen LogP) is 4.18. The van der Waals surface area contributed by atoms with Crippen LogP contribution in [0.1, 0.15) is 63.0 Å². The Morgan fingerprint density at radius 2 is 1.81 bits per heavy atom. The molecule has 4 heteroatoms. The zero-order valence-electron chi connectivity index (χ0n) is 17.1. The molecule has 0 amide bonds. The second kappa shape index (κ2) is 11.5. The number of ether oxygens (including phenoxy) is 2. The molecule has 0 spiro atoms. The summed E-state index contributed by atoms with van der Waals surface area (Å²) in [6.07, 6.45) is 11.0. The van der Waals surface area contributed by atoms with E-state index < -0.39 is 0 Å². The summed E-state index contributed by atoms with van der Waals surface area (Å²) in [5.74, 6) is 1.79. The molecule has 26 heavy (non-hydrogen) atoms. The van der Waals surface area contributed by atoms with E-state index in [0.717, 1.165) is 30.9 Å². The number of nitrogens with two attached hydrogens (primary N) is 1. The van der Waals surface area contributed by atoms with Gasteiger partial charge in [-0.2, -0.15) is 0 Å². The number of rotatable bonds is 12. The molecule has 0 radical (unpaired) electrons. The van der Waals surface area contributed by atoms with Gasteiger partial charge in [-0.3, -0.25) is 0 Å². The summed E-state index contributed by atoms with van der Waals surface area (Å²) in [5.41, 5.74) is 8.36. The summed E-state index contributed by atoms with van der Waals surface area (Å²) in [5, 5.41) is 0. The third-order valence-electron chi connectivity index (χ3n) is 5.61. The smallest absolute Gasteiger partial charge is 0.164 e. The minimum absolute atomic E-state index is 0.657. The average molecular weight is 363 g/mol. The lowest BCUT2D eigenvalue weighted by molar-refractivity contribution is 0.175. The van der Waals surface area contributed by atoms with Gasteiger partial charge in [0.25, 0.3) is 0 Å². The summed E-state index contributed by atoms with van der Waals surface area (Å²) >= 11 is 0. The molecule has 1 aliphatic rings. The summed E-state index contributed by atoms with van der Waals surface area (Å²) in [6, 6.07) is 4.95. The highest BCUT2D eigenvalue weighted by molar-refractivity contribution is 5.52. The monoisotopic (exact) mass is 362 g/mol. The third kappa shape index (κ3) is 5.62. The molecule has 4 nitrogen and oxygen atoms in total. The Morgan fingerprint density at radius 3 is 2.50 bits per heavy atom. The normalized spacial score (nSPS) is 16.6. The number of unbranched alkanes of at least 4 members (excludes halogenated alkanes) is 4. The quantitative estimate of drug-likeness (QED) is 0.567. The Balaban J connectivity index is 1.95. The zero-order chi connectivity index (χ0) is 18.8. The van der Waals surface area contributed by atoms with Crippen molar-refractivity contribution >= 4 is 0 Å². The van der Waals surface area contributed by atoms with Crippen LogP contribution in [0.15, 0.2) is 12.1 Å². The predicted molar refractivity (Wildman–Crippen MR) is 109 cm³/mol. The van der Waals surface area contributed by atoms with Gasteiger partial charge in [-0.15, -0.1) is 0 Å². The summed E-state index contributed by atoms with van der Waals surface area (Å²) < 4.78 is 11.1. The standard InChI is InChI=1S/C22H38N2O2/c1-4-15-24(16-9-7-5-6-8-14-23)19-11-12-20-18(17-19)10-13-21(25-2)22(20)26-3/h10,13,19H,4-9,11-12,14-17,23H2,1-3H3/t19-/m0/s1. The first-order chi connectivity index (χ1) is 12.7. The van der Waals surface area contributed by atoms with Crippen molar-refractivity contribution in [2.75, 3.05) is 33.9 Å². The van der Waals surface area contributed by atoms with Gasteiger partial charge < -0.3 is 20.1 Å². The van der Waals surface area contributed by atoms with Crippen LogP contribution in [0.3, 0.4) is 0 Å². The highest BCUT2D eigenvalue weighted by Gasteiger charge is 2.26. The molecule has 2 N–H and O–H groups in total. The van der Waals surface area contributed by atoms with Gasteiger partial charge in [-0.1, -0.05) is 32.3 Å². The van der Waals surface area contributed by atoms with Crippen LogP contribution in [-0.4, -0.2) is 44.8 Å². The van der Waals surface area contributed by atoms with Gasteiger partial charge in [0.2, 0.25) is 0 Å². The van der Waals surface area contributed by atoms with Crippen molar-refractivity contribution in [1.29, 1.82) is 0 Å². The van der Waals surface area contributed by atoms with Gasteiger partial charge in [0.15, 0.2) is 11.5 Å². The SMILES string of the molecule is CCCN(CCCCCCCN)[C@H]1CCc2c(ccc(OC)c2OC)C1. The van der Waals surface area contributed by atoms with Crippen LogP contribution in [0.2, 0.25) is 0 Å². The molecule has 0 aliphatic heterocycles. The maximum absolute atomic E-state index is 5.64. The van der Waals surface area contributed by atoms with Crippen LogP contribution in [0, 0.1) is 0 Å². The first-order valence-corrected chi connectivity index (χ1v) is 10.4. The molecule has 0 bridgehead atoms. The first kappa shape index (κ1) is 21.0. The topological polar surface area (TPSA) is 47.7 Å². The summed E-state index contributed by atoms with van der Waals surface area (Å²) in [6.45, 7) is 5.55. The van der Waals surface area contributed by atoms with E-state index in [1.165, 1.54) is 69.2 Å². The fourth-order valence-corrected chi connectivity index (χ4v) is 4.23. The molecular weight excluding hydrogens is 324 g/mol. The largest absolute Gasteiger partial charge is 0.493 e. The molecule has 1 aromatic carbocycles. The Kier molecular flexibility index (Phi) is 9.27. The Labute approximate surface area is 160 Å². The molecule has 0 unspecified atom stereocenters. The van der Waals surface area contributed by atoms with Crippen molar-refractivity contribution in [3.05, 3.63) is 23.3 Å². The minimum atomic E-state index is 0.657. The van der Waals surface area contributed by atoms with E-state index in [2.05, 4.69) is 24.0 Å². The van der Waals surface area contributed by atoms with E-state index >= 15 is 0 Å². The molecule has 0 fully saturated rings. The molecule has 1 aromatic rings. The Hall–Kier alpha value is -1.26. The second-order valence-electron chi connectivity index (χ2n) is 7.43. The summed E-state index contributed by atoms with van der Waals surface area (Å²) in [7, 11) is 3.46. The van der Waals surface area contributed by atoms with E-state index in [4.69, 9.17) is 15.2 Å². The number of hydrogen-bond donors (Lipinski definition) is 1. The lowest BCUT2D eigenvalue weighted by atomic mass is 9.86. The zero-order valence-corrected chi connectivity index (χ0v) is 17.1. The molecule has 1 atom stereocenters. The van der Waals surface area contributed by atoms with Crippen LogP contribution in [0.4, 0.5) is 0 Å². The maximum atomic E-state index is 5.64. The van der Waals surface area contributed by atoms with Crippen LogP contribution >= 0.6 is 0 Å². The van der Waals surface area contributed by atoms with Crippen LogP contribution in [0.5, 0.6) is 11.5 Å². The van der Waals surface area contributed by atoms with Crippen LogP contribution in [-0.2, 0) is 12.8 Å². The van der Waals surface area contributed by atoms with E-state index in [9.17, 15) is 0 Å². The van der Waals surface area contributed by atoms with Gasteiger partial charge >= 0.3 is 0 Å². The molecular formula is C22H38N2O2. The van der Waals surface area contributed by atoms with E-state index in [0.29, 0.717) is 6.04 Å². The first-order valence-electron chi connectivity index (χ1n) is 10.4. The lowest BCUT2D eigenvalue weighted by Gasteiger charge is -2.36. The molecule has 1 aliphatic carbocycles. The Bertz CT molecular complexity index is 533. The van der Waals surface area contributed by atoms with Crippen molar-refractivity contribution in [2.24, 2.45) is 5.73 Å². The highest BCUT2D eigenvalue weighted by atomic mass is 16.5. The minimum Gasteiger partial charge on any atom is -0.493 e. The fourth-order valence-electron chi connectivity index (χ4n) is 4.23. The van der Waals surface area contributed by atoms with Crippen molar-refractivity contribution in [1.82, 2.24) is 4.90 Å². The van der Waals surface area contributed by atoms with Crippen molar-refractivity contribution in [3.63, 3.8) is 0 Å². The molecule has 148 valence electrons. The van der Waals surface area contributed by atoms with Crippen LogP contribution in [0.25, 0.3) is 0 Å². The number of nitrogens with zero attached hydrogens (tertiary/aromatic N) is 1. The van der Waals surface area contributed by atoms with Gasteiger partial charge in [-0.25, -0.2) is 0 Å². The lowest BCUT2D eigenvalue weighted by Crippen LogP contribution is -2.40. The maximum Gasteiger partial charge on any atom is 0.164 e. The van der Waals surface area contributed by atoms with Crippen molar-refractivity contribution in [3.8, 4) is 11.5 Å². The molecule has 0 saturated carbocycles. The van der Waals surface area contributed by atoms with Crippen LogP contribution < -0.4 is 15.2 Å². The molecule has 0 saturated heterocycles. The van der Waals surface area contributed by atoms with Gasteiger partial charge in [-0.05, 0) is 69.8 Å². The number of fused-ring (bicyclic) bond motifs is 1. The van der Waals surface area contributed by atoms with Gasteiger partial charge in [0.1, 0.15) is 0 Å². The second-order valence-corrected chi connectivity index (χ2v) is 7.43. The number of hydrogen-bond acceptors (Lipinski definition) is 4. The number of methoxy groups -OCH3 is 2. The number of benzene rings is 1.